The van der Waals surface area contributed by atoms with Crippen LogP contribution in [-0.2, 0) is 17.6 Å². The summed E-state index contributed by atoms with van der Waals surface area (Å²) in [7, 11) is 0. The third kappa shape index (κ3) is 3.31. The second-order valence-corrected chi connectivity index (χ2v) is 5.59. The number of hydrogen-bond acceptors (Lipinski definition) is 3. The maximum absolute atomic E-state index is 10.7. The molecule has 1 aromatic heterocycles. The largest absolute Gasteiger partial charge is 0.481 e. The number of thiazole rings is 1. The minimum Gasteiger partial charge on any atom is -0.481 e. The summed E-state index contributed by atoms with van der Waals surface area (Å²) in [6.45, 7) is 1.85. The van der Waals surface area contributed by atoms with Gasteiger partial charge in [0.15, 0.2) is 0 Å². The summed E-state index contributed by atoms with van der Waals surface area (Å²) in [5.74, 6) is -0.820. The lowest BCUT2D eigenvalue weighted by Gasteiger charge is -1.97. The summed E-state index contributed by atoms with van der Waals surface area (Å²) >= 11 is 7.28. The Morgan fingerprint density at radius 1 is 1.39 bits per heavy atom. The van der Waals surface area contributed by atoms with E-state index in [1.54, 1.807) is 0 Å². The smallest absolute Gasteiger partial charge is 0.308 e. The molecular weight excluding hydrogens is 270 g/mol. The molecule has 0 spiro atoms. The van der Waals surface area contributed by atoms with Crippen LogP contribution in [0.4, 0.5) is 0 Å². The quantitative estimate of drug-likeness (QED) is 0.935. The molecule has 0 aliphatic rings. The first-order chi connectivity index (χ1) is 8.54. The summed E-state index contributed by atoms with van der Waals surface area (Å²) in [6, 6.07) is 7.59. The van der Waals surface area contributed by atoms with E-state index in [-0.39, 0.29) is 6.42 Å². The van der Waals surface area contributed by atoms with Crippen LogP contribution < -0.4 is 0 Å². The zero-order valence-corrected chi connectivity index (χ0v) is 11.4. The number of hydrogen-bond donors (Lipinski definition) is 1. The average Bonchev–Trinajstić information content (AvgIpc) is 2.62. The summed E-state index contributed by atoms with van der Waals surface area (Å²) in [6.07, 6.45) is 0.756. The molecule has 18 heavy (non-hydrogen) atoms. The van der Waals surface area contributed by atoms with Gasteiger partial charge in [0.2, 0.25) is 0 Å². The van der Waals surface area contributed by atoms with Crippen LogP contribution >= 0.6 is 22.9 Å². The highest BCUT2D eigenvalue weighted by Gasteiger charge is 2.11. The van der Waals surface area contributed by atoms with Crippen LogP contribution in [0, 0.1) is 6.92 Å². The van der Waals surface area contributed by atoms with E-state index in [1.165, 1.54) is 11.3 Å². The van der Waals surface area contributed by atoms with Crippen LogP contribution in [0.25, 0.3) is 0 Å². The number of rotatable bonds is 4. The topological polar surface area (TPSA) is 50.2 Å². The molecule has 0 saturated carbocycles. The van der Waals surface area contributed by atoms with Crippen molar-refractivity contribution in [1.82, 2.24) is 4.98 Å². The fourth-order valence-electron chi connectivity index (χ4n) is 1.64. The monoisotopic (exact) mass is 281 g/mol. The molecule has 0 radical (unpaired) electrons. The van der Waals surface area contributed by atoms with Crippen LogP contribution in [0.15, 0.2) is 24.3 Å². The minimum absolute atomic E-state index is 0.0458. The zero-order valence-electron chi connectivity index (χ0n) is 9.81. The van der Waals surface area contributed by atoms with Crippen LogP contribution in [0.3, 0.4) is 0 Å². The van der Waals surface area contributed by atoms with Gasteiger partial charge in [0.25, 0.3) is 0 Å². The standard InChI is InChI=1S/C13H12ClNO2S/c1-8-11(7-13(16)17)18-12(15-8)6-9-2-4-10(14)5-3-9/h2-5H,6-7H2,1H3,(H,16,17). The molecule has 0 aliphatic carbocycles. The molecule has 0 saturated heterocycles. The highest BCUT2D eigenvalue weighted by molar-refractivity contribution is 7.11. The van der Waals surface area contributed by atoms with Crippen molar-refractivity contribution in [3.05, 3.63) is 50.4 Å². The lowest BCUT2D eigenvalue weighted by molar-refractivity contribution is -0.136. The number of aryl methyl sites for hydroxylation is 1. The molecule has 5 heteroatoms. The molecule has 0 aliphatic heterocycles. The van der Waals surface area contributed by atoms with Crippen molar-refractivity contribution < 1.29 is 9.90 Å². The van der Waals surface area contributed by atoms with E-state index in [1.807, 2.05) is 31.2 Å². The number of aromatic nitrogens is 1. The Morgan fingerprint density at radius 2 is 2.06 bits per heavy atom. The number of carboxylic acids is 1. The van der Waals surface area contributed by atoms with Gasteiger partial charge in [-0.3, -0.25) is 4.79 Å². The van der Waals surface area contributed by atoms with E-state index >= 15 is 0 Å². The maximum atomic E-state index is 10.7. The van der Waals surface area contributed by atoms with Crippen molar-refractivity contribution in [1.29, 1.82) is 0 Å². The van der Waals surface area contributed by atoms with Gasteiger partial charge in [-0.25, -0.2) is 4.98 Å². The number of aliphatic carboxylic acids is 1. The van der Waals surface area contributed by atoms with E-state index in [4.69, 9.17) is 16.7 Å². The van der Waals surface area contributed by atoms with Gasteiger partial charge in [-0.15, -0.1) is 11.3 Å². The van der Waals surface area contributed by atoms with Crippen molar-refractivity contribution in [2.75, 3.05) is 0 Å². The summed E-state index contributed by atoms with van der Waals surface area (Å²) in [5, 5.41) is 10.4. The maximum Gasteiger partial charge on any atom is 0.308 e. The number of nitrogens with zero attached hydrogens (tertiary/aromatic N) is 1. The van der Waals surface area contributed by atoms with Crippen LogP contribution in [0.5, 0.6) is 0 Å². The summed E-state index contributed by atoms with van der Waals surface area (Å²) < 4.78 is 0. The van der Waals surface area contributed by atoms with Gasteiger partial charge >= 0.3 is 5.97 Å². The first-order valence-corrected chi connectivity index (χ1v) is 6.65. The number of carbonyl (C=O) groups is 1. The van der Waals surface area contributed by atoms with Gasteiger partial charge in [0, 0.05) is 16.3 Å². The zero-order chi connectivity index (χ0) is 13.1. The van der Waals surface area contributed by atoms with Crippen molar-refractivity contribution in [2.45, 2.75) is 19.8 Å². The minimum atomic E-state index is -0.820. The molecule has 3 nitrogen and oxygen atoms in total. The molecule has 2 rings (SSSR count). The normalized spacial score (nSPS) is 10.6. The van der Waals surface area contributed by atoms with Gasteiger partial charge in [0.1, 0.15) is 0 Å². The number of carboxylic acid groups (broad SMARTS) is 1. The molecular formula is C13H12ClNO2S. The molecule has 0 fully saturated rings. The number of benzene rings is 1. The molecule has 1 heterocycles. The first kappa shape index (κ1) is 13.1. The van der Waals surface area contributed by atoms with Gasteiger partial charge in [-0.05, 0) is 24.6 Å². The average molecular weight is 282 g/mol. The van der Waals surface area contributed by atoms with Crippen LogP contribution in [0.1, 0.15) is 21.1 Å². The van der Waals surface area contributed by atoms with Crippen molar-refractivity contribution in [2.24, 2.45) is 0 Å². The Labute approximate surface area is 114 Å². The van der Waals surface area contributed by atoms with E-state index < -0.39 is 5.97 Å². The van der Waals surface area contributed by atoms with E-state index in [9.17, 15) is 4.79 Å². The Hall–Kier alpha value is -1.39. The van der Waals surface area contributed by atoms with Crippen molar-refractivity contribution in [3.8, 4) is 0 Å². The Kier molecular flexibility index (Phi) is 3.99. The predicted octanol–water partition coefficient (Wildman–Crippen LogP) is 3.32. The highest BCUT2D eigenvalue weighted by Crippen LogP contribution is 2.22. The van der Waals surface area contributed by atoms with Crippen LogP contribution in [-0.4, -0.2) is 16.1 Å². The SMILES string of the molecule is Cc1nc(Cc2ccc(Cl)cc2)sc1CC(=O)O. The molecule has 0 unspecified atom stereocenters. The third-order valence-electron chi connectivity index (χ3n) is 2.52. The molecule has 1 N–H and O–H groups in total. The van der Waals surface area contributed by atoms with Gasteiger partial charge in [-0.1, -0.05) is 23.7 Å². The molecule has 2 aromatic rings. The third-order valence-corrected chi connectivity index (χ3v) is 3.93. The van der Waals surface area contributed by atoms with Crippen molar-refractivity contribution in [3.63, 3.8) is 0 Å². The van der Waals surface area contributed by atoms with Gasteiger partial charge < -0.3 is 5.11 Å². The van der Waals surface area contributed by atoms with Gasteiger partial charge in [0.05, 0.1) is 17.1 Å². The van der Waals surface area contributed by atoms with E-state index in [0.29, 0.717) is 11.4 Å². The second kappa shape index (κ2) is 5.50. The molecule has 0 atom stereocenters. The Bertz CT molecular complexity index is 563. The fourth-order valence-corrected chi connectivity index (χ4v) is 2.86. The highest BCUT2D eigenvalue weighted by atomic mass is 35.5. The fraction of sp³-hybridized carbons (Fsp3) is 0.231. The van der Waals surface area contributed by atoms with E-state index in [2.05, 4.69) is 4.98 Å². The van der Waals surface area contributed by atoms with Gasteiger partial charge in [-0.2, -0.15) is 0 Å². The van der Waals surface area contributed by atoms with E-state index in [0.717, 1.165) is 21.1 Å². The predicted molar refractivity (Wildman–Crippen MR) is 72.4 cm³/mol. The number of halogens is 1. The van der Waals surface area contributed by atoms with Crippen LogP contribution in [0.2, 0.25) is 5.02 Å². The summed E-state index contributed by atoms with van der Waals surface area (Å²) in [5.41, 5.74) is 1.93. The van der Waals surface area contributed by atoms with Crippen molar-refractivity contribution >= 4 is 28.9 Å². The lowest BCUT2D eigenvalue weighted by atomic mass is 10.2. The second-order valence-electron chi connectivity index (χ2n) is 3.99. The summed E-state index contributed by atoms with van der Waals surface area (Å²) in [4.78, 5) is 15.9. The lowest BCUT2D eigenvalue weighted by Crippen LogP contribution is -1.99. The Morgan fingerprint density at radius 3 is 2.67 bits per heavy atom. The molecule has 94 valence electrons. The molecule has 0 bridgehead atoms. The molecule has 0 amide bonds. The Balaban J connectivity index is 2.14. The first-order valence-electron chi connectivity index (χ1n) is 5.46. The molecule has 1 aromatic carbocycles.